The first kappa shape index (κ1) is 22.6. The molecular formula is C22H26N4O4S. The number of rotatable bonds is 10. The number of hydrogen-bond donors (Lipinski definition) is 0. The number of aromatic nitrogens is 3. The van der Waals surface area contributed by atoms with E-state index in [2.05, 4.69) is 24.0 Å². The third-order valence-electron chi connectivity index (χ3n) is 4.57. The lowest BCUT2D eigenvalue weighted by Gasteiger charge is -2.18. The number of thioether (sulfide) groups is 1. The zero-order valence-corrected chi connectivity index (χ0v) is 18.8. The Hall–Kier alpha value is -3.07. The van der Waals surface area contributed by atoms with Crippen LogP contribution in [0.25, 0.3) is 0 Å². The first-order valence-corrected chi connectivity index (χ1v) is 11.0. The molecule has 1 atom stereocenters. The summed E-state index contributed by atoms with van der Waals surface area (Å²) in [6.45, 7) is 6.89. The van der Waals surface area contributed by atoms with Crippen LogP contribution in [0.2, 0.25) is 0 Å². The van der Waals surface area contributed by atoms with Gasteiger partial charge >= 0.3 is 0 Å². The smallest absolute Gasteiger partial charge is 0.273 e. The fourth-order valence-electron chi connectivity index (χ4n) is 3.11. The summed E-state index contributed by atoms with van der Waals surface area (Å²) in [4.78, 5) is 10.9. The second kappa shape index (κ2) is 10.3. The standard InChI is InChI=1S/C22H26N4O4S/c1-15(2)13-25-21(16(3)30-19-11-9-18(29-4)10-12-19)23-24-22(25)31-14-17-7-5-6-8-20(17)26(27)28/h5-12,15-16H,13-14H2,1-4H3. The van der Waals surface area contributed by atoms with E-state index in [1.807, 2.05) is 35.8 Å². The quantitative estimate of drug-likeness (QED) is 0.239. The van der Waals surface area contributed by atoms with E-state index < -0.39 is 0 Å². The molecule has 1 unspecified atom stereocenters. The molecule has 164 valence electrons. The Bertz CT molecular complexity index is 1020. The number of nitro groups is 1. The molecule has 0 bridgehead atoms. The van der Waals surface area contributed by atoms with Gasteiger partial charge in [0.1, 0.15) is 11.5 Å². The van der Waals surface area contributed by atoms with Gasteiger partial charge in [0.05, 0.1) is 12.0 Å². The average Bonchev–Trinajstić information content (AvgIpc) is 3.14. The van der Waals surface area contributed by atoms with Crippen molar-refractivity contribution in [1.29, 1.82) is 0 Å². The molecule has 1 heterocycles. The zero-order chi connectivity index (χ0) is 22.4. The summed E-state index contributed by atoms with van der Waals surface area (Å²) in [5.41, 5.74) is 0.766. The first-order chi connectivity index (χ1) is 14.9. The van der Waals surface area contributed by atoms with Crippen molar-refractivity contribution in [3.63, 3.8) is 0 Å². The van der Waals surface area contributed by atoms with Crippen molar-refractivity contribution in [3.8, 4) is 11.5 Å². The van der Waals surface area contributed by atoms with Gasteiger partial charge in [-0.1, -0.05) is 43.8 Å². The zero-order valence-electron chi connectivity index (χ0n) is 18.0. The lowest BCUT2D eigenvalue weighted by atomic mass is 10.2. The molecule has 3 rings (SSSR count). The van der Waals surface area contributed by atoms with E-state index in [0.717, 1.165) is 18.1 Å². The molecule has 8 nitrogen and oxygen atoms in total. The normalized spacial score (nSPS) is 12.0. The predicted octanol–water partition coefficient (Wildman–Crippen LogP) is 5.28. The van der Waals surface area contributed by atoms with Gasteiger partial charge in [-0.15, -0.1) is 10.2 Å². The highest BCUT2D eigenvalue weighted by Gasteiger charge is 2.21. The van der Waals surface area contributed by atoms with Crippen molar-refractivity contribution in [2.75, 3.05) is 7.11 Å². The van der Waals surface area contributed by atoms with Gasteiger partial charge in [-0.3, -0.25) is 10.1 Å². The number of hydrogen-bond acceptors (Lipinski definition) is 7. The summed E-state index contributed by atoms with van der Waals surface area (Å²) in [6.07, 6.45) is -0.319. The molecule has 2 aromatic carbocycles. The van der Waals surface area contributed by atoms with Gasteiger partial charge in [-0.25, -0.2) is 0 Å². The summed E-state index contributed by atoms with van der Waals surface area (Å²) in [6, 6.07) is 14.1. The second-order valence-electron chi connectivity index (χ2n) is 7.46. The average molecular weight is 443 g/mol. The number of methoxy groups -OCH3 is 1. The molecular weight excluding hydrogens is 416 g/mol. The number of para-hydroxylation sites is 1. The lowest BCUT2D eigenvalue weighted by Crippen LogP contribution is -2.15. The Morgan fingerprint density at radius 3 is 2.39 bits per heavy atom. The van der Waals surface area contributed by atoms with Gasteiger partial charge < -0.3 is 14.0 Å². The molecule has 31 heavy (non-hydrogen) atoms. The van der Waals surface area contributed by atoms with Crippen molar-refractivity contribution in [1.82, 2.24) is 14.8 Å². The van der Waals surface area contributed by atoms with Crippen molar-refractivity contribution in [2.24, 2.45) is 5.92 Å². The minimum Gasteiger partial charge on any atom is -0.497 e. The van der Waals surface area contributed by atoms with Gasteiger partial charge in [-0.2, -0.15) is 0 Å². The summed E-state index contributed by atoms with van der Waals surface area (Å²) in [7, 11) is 1.62. The highest BCUT2D eigenvalue weighted by atomic mass is 32.2. The minimum absolute atomic E-state index is 0.112. The molecule has 0 spiro atoms. The van der Waals surface area contributed by atoms with Crippen molar-refractivity contribution < 1.29 is 14.4 Å². The number of nitro benzene ring substituents is 1. The minimum atomic E-state index is -0.356. The third kappa shape index (κ3) is 5.75. The van der Waals surface area contributed by atoms with Crippen LogP contribution in [0.1, 0.15) is 38.3 Å². The Morgan fingerprint density at radius 2 is 1.74 bits per heavy atom. The van der Waals surface area contributed by atoms with E-state index in [4.69, 9.17) is 9.47 Å². The topological polar surface area (TPSA) is 92.3 Å². The Kier molecular flexibility index (Phi) is 7.51. The molecule has 0 N–H and O–H groups in total. The Morgan fingerprint density at radius 1 is 1.06 bits per heavy atom. The van der Waals surface area contributed by atoms with Gasteiger partial charge in [0.25, 0.3) is 5.69 Å². The SMILES string of the molecule is COc1ccc(OC(C)c2nnc(SCc3ccccc3[N+](=O)[O-])n2CC(C)C)cc1. The Labute approximate surface area is 185 Å². The van der Waals surface area contributed by atoms with Crippen molar-refractivity contribution in [3.05, 3.63) is 70.0 Å². The van der Waals surface area contributed by atoms with Gasteiger partial charge in [-0.05, 0) is 37.1 Å². The van der Waals surface area contributed by atoms with E-state index in [-0.39, 0.29) is 16.7 Å². The van der Waals surface area contributed by atoms with Gasteiger partial charge in [0.15, 0.2) is 17.1 Å². The molecule has 0 aliphatic rings. The van der Waals surface area contributed by atoms with Crippen LogP contribution in [-0.4, -0.2) is 26.8 Å². The van der Waals surface area contributed by atoms with Crippen molar-refractivity contribution in [2.45, 2.75) is 44.3 Å². The molecule has 0 fully saturated rings. The monoisotopic (exact) mass is 442 g/mol. The highest BCUT2D eigenvalue weighted by Crippen LogP contribution is 2.30. The fourth-order valence-corrected chi connectivity index (χ4v) is 4.06. The molecule has 0 radical (unpaired) electrons. The maximum absolute atomic E-state index is 11.3. The largest absolute Gasteiger partial charge is 0.497 e. The number of benzene rings is 2. The molecule has 0 saturated heterocycles. The van der Waals surface area contributed by atoms with Crippen LogP contribution < -0.4 is 9.47 Å². The summed E-state index contributed by atoms with van der Waals surface area (Å²) >= 11 is 1.44. The summed E-state index contributed by atoms with van der Waals surface area (Å²) < 4.78 is 13.3. The molecule has 3 aromatic rings. The maximum Gasteiger partial charge on any atom is 0.273 e. The van der Waals surface area contributed by atoms with E-state index in [0.29, 0.717) is 28.1 Å². The van der Waals surface area contributed by atoms with Crippen LogP contribution in [0.15, 0.2) is 53.7 Å². The maximum atomic E-state index is 11.3. The number of ether oxygens (including phenoxy) is 2. The van der Waals surface area contributed by atoms with Crippen LogP contribution in [-0.2, 0) is 12.3 Å². The van der Waals surface area contributed by atoms with E-state index in [1.54, 1.807) is 25.3 Å². The molecule has 0 aliphatic carbocycles. The number of nitrogens with zero attached hydrogens (tertiary/aromatic N) is 4. The van der Waals surface area contributed by atoms with Crippen LogP contribution >= 0.6 is 11.8 Å². The van der Waals surface area contributed by atoms with E-state index in [9.17, 15) is 10.1 Å². The third-order valence-corrected chi connectivity index (χ3v) is 5.59. The predicted molar refractivity (Wildman–Crippen MR) is 120 cm³/mol. The van der Waals surface area contributed by atoms with Crippen molar-refractivity contribution >= 4 is 17.4 Å². The molecule has 0 saturated carbocycles. The highest BCUT2D eigenvalue weighted by molar-refractivity contribution is 7.98. The Balaban J connectivity index is 1.80. The van der Waals surface area contributed by atoms with Crippen LogP contribution in [0.3, 0.4) is 0 Å². The fraction of sp³-hybridized carbons (Fsp3) is 0.364. The van der Waals surface area contributed by atoms with Gasteiger partial charge in [0, 0.05) is 23.9 Å². The van der Waals surface area contributed by atoms with Crippen LogP contribution in [0, 0.1) is 16.0 Å². The van der Waals surface area contributed by atoms with E-state index >= 15 is 0 Å². The van der Waals surface area contributed by atoms with E-state index in [1.165, 1.54) is 17.8 Å². The molecule has 9 heteroatoms. The van der Waals surface area contributed by atoms with Gasteiger partial charge in [0.2, 0.25) is 0 Å². The first-order valence-electron chi connectivity index (χ1n) is 9.98. The molecule has 1 aromatic heterocycles. The summed E-state index contributed by atoms with van der Waals surface area (Å²) in [5, 5.41) is 20.7. The van der Waals surface area contributed by atoms with Crippen LogP contribution in [0.5, 0.6) is 11.5 Å². The lowest BCUT2D eigenvalue weighted by molar-refractivity contribution is -0.385. The molecule has 0 amide bonds. The summed E-state index contributed by atoms with van der Waals surface area (Å²) in [5.74, 6) is 2.99. The van der Waals surface area contributed by atoms with Crippen LogP contribution in [0.4, 0.5) is 5.69 Å². The second-order valence-corrected chi connectivity index (χ2v) is 8.40. The molecule has 0 aliphatic heterocycles.